The smallest absolute Gasteiger partial charge is 0.310 e. The van der Waals surface area contributed by atoms with Crippen LogP contribution in [-0.4, -0.2) is 30.2 Å². The van der Waals surface area contributed by atoms with Gasteiger partial charge in [0.25, 0.3) is 0 Å². The van der Waals surface area contributed by atoms with Crippen molar-refractivity contribution in [2.24, 2.45) is 0 Å². The zero-order valence-electron chi connectivity index (χ0n) is 44.0. The van der Waals surface area contributed by atoms with E-state index < -0.39 is 6.29 Å². The average molecular weight is 1020 g/mol. The van der Waals surface area contributed by atoms with Crippen LogP contribution in [0.25, 0.3) is 0 Å². The first kappa shape index (κ1) is 58.8. The van der Waals surface area contributed by atoms with Crippen molar-refractivity contribution in [2.75, 3.05) is 0 Å². The van der Waals surface area contributed by atoms with Crippen molar-refractivity contribution in [1.82, 2.24) is 0 Å². The van der Waals surface area contributed by atoms with Crippen molar-refractivity contribution in [3.63, 3.8) is 0 Å². The number of unbranched alkanes of at least 4 members (excludes halogenated alkanes) is 6. The third-order valence-electron chi connectivity index (χ3n) is 12.4. The predicted molar refractivity (Wildman–Crippen MR) is 305 cm³/mol. The van der Waals surface area contributed by atoms with Gasteiger partial charge in [-0.3, -0.25) is 19.2 Å². The molecule has 394 valence electrons. The van der Waals surface area contributed by atoms with Crippen molar-refractivity contribution >= 4 is 23.9 Å². The lowest BCUT2D eigenvalue weighted by Crippen LogP contribution is -2.26. The quantitative estimate of drug-likeness (QED) is 0.0110. The SMILES string of the molecule is CCCCCCCCCC(OC(=O)CC(c1ccccc1)c1ccccc1)OC(=O)CC(c1ccccc1)c1ccccc1.O=C(CCc1ccccc1)O\C=C/C=C/C=C/C=C/C=C\OC(=O)CCc1ccccc1. The summed E-state index contributed by atoms with van der Waals surface area (Å²) in [7, 11) is 0. The molecule has 0 aromatic heterocycles. The van der Waals surface area contributed by atoms with E-state index in [2.05, 4.69) is 6.92 Å². The van der Waals surface area contributed by atoms with E-state index in [1.54, 1.807) is 24.3 Å². The molecule has 0 fully saturated rings. The molecule has 0 saturated heterocycles. The molecule has 0 atom stereocenters. The normalized spacial score (nSPS) is 11.5. The van der Waals surface area contributed by atoms with Gasteiger partial charge < -0.3 is 18.9 Å². The fraction of sp³-hybridized carbons (Fsp3) is 0.265. The highest BCUT2D eigenvalue weighted by molar-refractivity contribution is 5.74. The average Bonchev–Trinajstić information content (AvgIpc) is 3.46. The van der Waals surface area contributed by atoms with Gasteiger partial charge in [0.15, 0.2) is 0 Å². The zero-order valence-corrected chi connectivity index (χ0v) is 44.0. The summed E-state index contributed by atoms with van der Waals surface area (Å²) in [5.74, 6) is -1.56. The lowest BCUT2D eigenvalue weighted by atomic mass is 9.88. The number of carbonyl (C=O) groups excluding carboxylic acids is 4. The summed E-state index contributed by atoms with van der Waals surface area (Å²) in [6, 6.07) is 59.7. The van der Waals surface area contributed by atoms with Crippen LogP contribution in [0, 0.1) is 0 Å². The van der Waals surface area contributed by atoms with E-state index in [0.29, 0.717) is 32.1 Å². The minimum Gasteiger partial charge on any atom is -0.434 e. The number of ether oxygens (including phenoxy) is 4. The fourth-order valence-electron chi connectivity index (χ4n) is 8.34. The molecule has 0 aliphatic heterocycles. The van der Waals surface area contributed by atoms with E-state index in [9.17, 15) is 19.2 Å². The zero-order chi connectivity index (χ0) is 53.5. The number of rotatable bonds is 30. The molecular weight excluding hydrogens is 945 g/mol. The highest BCUT2D eigenvalue weighted by Crippen LogP contribution is 2.31. The minimum atomic E-state index is -0.912. The van der Waals surface area contributed by atoms with Gasteiger partial charge in [0, 0.05) is 31.1 Å². The maximum Gasteiger partial charge on any atom is 0.310 e. The van der Waals surface area contributed by atoms with E-state index in [-0.39, 0.29) is 48.6 Å². The Morgan fingerprint density at radius 1 is 0.368 bits per heavy atom. The van der Waals surface area contributed by atoms with Gasteiger partial charge in [-0.15, -0.1) is 0 Å². The molecule has 0 N–H and O–H groups in total. The first-order valence-corrected chi connectivity index (χ1v) is 26.7. The second-order valence-corrected chi connectivity index (χ2v) is 18.2. The molecule has 0 bridgehead atoms. The number of hydrogen-bond donors (Lipinski definition) is 0. The monoisotopic (exact) mass is 1020 g/mol. The fourth-order valence-corrected chi connectivity index (χ4v) is 8.34. The summed E-state index contributed by atoms with van der Waals surface area (Å²) in [5.41, 5.74) is 6.41. The number of carbonyl (C=O) groups is 4. The highest BCUT2D eigenvalue weighted by Gasteiger charge is 2.26. The van der Waals surface area contributed by atoms with Crippen molar-refractivity contribution < 1.29 is 38.1 Å². The summed E-state index contributed by atoms with van der Waals surface area (Å²) in [6.45, 7) is 2.22. The van der Waals surface area contributed by atoms with Gasteiger partial charge in [-0.1, -0.05) is 264 Å². The molecule has 0 aliphatic carbocycles. The van der Waals surface area contributed by atoms with Crippen LogP contribution in [0.5, 0.6) is 0 Å². The molecule has 76 heavy (non-hydrogen) atoms. The van der Waals surface area contributed by atoms with Gasteiger partial charge >= 0.3 is 23.9 Å². The number of allylic oxidation sites excluding steroid dienone is 8. The van der Waals surface area contributed by atoms with Gasteiger partial charge in [-0.25, -0.2) is 0 Å². The summed E-state index contributed by atoms with van der Waals surface area (Å²) >= 11 is 0. The van der Waals surface area contributed by atoms with Crippen LogP contribution in [0.1, 0.15) is 129 Å². The predicted octanol–water partition coefficient (Wildman–Crippen LogP) is 16.0. The van der Waals surface area contributed by atoms with Gasteiger partial charge in [-0.2, -0.15) is 0 Å². The van der Waals surface area contributed by atoms with Crippen LogP contribution in [-0.2, 0) is 51.0 Å². The summed E-state index contributed by atoms with van der Waals surface area (Å²) < 4.78 is 22.0. The van der Waals surface area contributed by atoms with Crippen molar-refractivity contribution in [2.45, 2.75) is 115 Å². The van der Waals surface area contributed by atoms with Crippen LogP contribution in [0.3, 0.4) is 0 Å². The Bertz CT molecular complexity index is 2420. The van der Waals surface area contributed by atoms with E-state index >= 15 is 0 Å². The number of hydrogen-bond acceptors (Lipinski definition) is 8. The standard InChI is InChI=1S/C40H46O4.C28H28O4/c1-2-3-4-5-6-7-20-29-40(43-38(41)30-36(32-21-12-8-13-22-32)33-23-14-9-15-24-33)44-39(42)31-37(34-25-16-10-17-26-34)35-27-18-11-19-28-35;29-27(21-19-25-15-9-7-10-16-25)31-23-13-5-3-1-2-4-6-14-24-32-28(30)22-20-26-17-11-8-12-18-26/h8-19,21-28,36-37,40H,2-7,20,29-31H2,1H3;1-18,23-24H,19-22H2/b;2-1+,5-3+,6-4+,23-13-,24-14-. The Hall–Kier alpha value is -8.10. The summed E-state index contributed by atoms with van der Waals surface area (Å²) in [4.78, 5) is 50.2. The topological polar surface area (TPSA) is 105 Å². The third-order valence-corrected chi connectivity index (χ3v) is 12.4. The molecule has 8 heteroatoms. The molecule has 0 amide bonds. The van der Waals surface area contributed by atoms with Crippen LogP contribution in [0.15, 0.2) is 243 Å². The maximum absolute atomic E-state index is 13.5. The maximum atomic E-state index is 13.5. The van der Waals surface area contributed by atoms with Crippen LogP contribution >= 0.6 is 0 Å². The molecule has 6 aromatic rings. The number of benzene rings is 6. The van der Waals surface area contributed by atoms with Gasteiger partial charge in [0.2, 0.25) is 6.29 Å². The van der Waals surface area contributed by atoms with Crippen molar-refractivity contribution in [1.29, 1.82) is 0 Å². The van der Waals surface area contributed by atoms with E-state index in [1.165, 1.54) is 38.2 Å². The van der Waals surface area contributed by atoms with Gasteiger partial charge in [-0.05, 0) is 64.8 Å². The van der Waals surface area contributed by atoms with Crippen molar-refractivity contribution in [3.05, 3.63) is 277 Å². The van der Waals surface area contributed by atoms with E-state index in [0.717, 1.165) is 52.6 Å². The van der Waals surface area contributed by atoms with E-state index in [1.807, 2.05) is 206 Å². The first-order chi connectivity index (χ1) is 37.4. The van der Waals surface area contributed by atoms with Gasteiger partial charge in [0.05, 0.1) is 25.4 Å². The largest absolute Gasteiger partial charge is 0.434 e. The molecule has 0 heterocycles. The Morgan fingerprint density at radius 2 is 0.671 bits per heavy atom. The highest BCUT2D eigenvalue weighted by atomic mass is 16.7. The minimum absolute atomic E-state index is 0.152. The van der Waals surface area contributed by atoms with E-state index in [4.69, 9.17) is 18.9 Å². The molecule has 0 aliphatic rings. The summed E-state index contributed by atoms with van der Waals surface area (Å²) in [5, 5.41) is 0. The van der Waals surface area contributed by atoms with Crippen LogP contribution < -0.4 is 0 Å². The Kier molecular flexibility index (Phi) is 28.4. The third kappa shape index (κ3) is 24.8. The second kappa shape index (κ2) is 36.8. The van der Waals surface area contributed by atoms with Crippen LogP contribution in [0.4, 0.5) is 0 Å². The number of aryl methyl sites for hydroxylation is 2. The molecule has 6 aromatic carbocycles. The molecule has 6 rings (SSSR count). The molecule has 0 radical (unpaired) electrons. The van der Waals surface area contributed by atoms with Crippen LogP contribution in [0.2, 0.25) is 0 Å². The van der Waals surface area contributed by atoms with Crippen molar-refractivity contribution in [3.8, 4) is 0 Å². The first-order valence-electron chi connectivity index (χ1n) is 26.7. The van der Waals surface area contributed by atoms with Gasteiger partial charge in [0.1, 0.15) is 0 Å². The second-order valence-electron chi connectivity index (χ2n) is 18.2. The molecule has 0 spiro atoms. The number of esters is 4. The molecule has 8 nitrogen and oxygen atoms in total. The lowest BCUT2D eigenvalue weighted by Gasteiger charge is -2.23. The lowest BCUT2D eigenvalue weighted by molar-refractivity contribution is -0.189. The Morgan fingerprint density at radius 3 is 1.01 bits per heavy atom. The Balaban J connectivity index is 0.000000296. The molecule has 0 saturated carbocycles. The molecular formula is C68H74O8. The Labute approximate surface area is 451 Å². The molecule has 0 unspecified atom stereocenters. The summed E-state index contributed by atoms with van der Waals surface area (Å²) in [6.07, 6.45) is 26.7.